The van der Waals surface area contributed by atoms with Crippen molar-refractivity contribution in [1.29, 1.82) is 0 Å². The fourth-order valence-corrected chi connectivity index (χ4v) is 3.91. The topological polar surface area (TPSA) is 56.7 Å². The van der Waals surface area contributed by atoms with Crippen molar-refractivity contribution in [3.8, 4) is 0 Å². The van der Waals surface area contributed by atoms with E-state index in [2.05, 4.69) is 46.8 Å². The van der Waals surface area contributed by atoms with Crippen molar-refractivity contribution in [1.82, 2.24) is 15.5 Å². The fraction of sp³-hybridized carbons (Fsp3) is 0.600. The number of nitrogens with one attached hydrogen (secondary N) is 2. The van der Waals surface area contributed by atoms with Crippen LogP contribution in [0, 0.1) is 12.8 Å². The van der Waals surface area contributed by atoms with E-state index >= 15 is 0 Å². The molecule has 2 fully saturated rings. The van der Waals surface area contributed by atoms with Crippen LogP contribution in [0.25, 0.3) is 0 Å². The van der Waals surface area contributed by atoms with Gasteiger partial charge in [0, 0.05) is 38.6 Å². The number of rotatable bonds is 4. The second kappa shape index (κ2) is 10.1. The fourth-order valence-electron chi connectivity index (χ4n) is 3.91. The highest BCUT2D eigenvalue weighted by molar-refractivity contribution is 14.0. The third-order valence-electron chi connectivity index (χ3n) is 5.31. The van der Waals surface area contributed by atoms with E-state index in [0.717, 1.165) is 44.9 Å². The van der Waals surface area contributed by atoms with Gasteiger partial charge in [0.2, 0.25) is 5.91 Å². The molecule has 3 rings (SSSR count). The highest BCUT2D eigenvalue weighted by Gasteiger charge is 2.32. The summed E-state index contributed by atoms with van der Waals surface area (Å²) in [4.78, 5) is 18.9. The monoisotopic (exact) mass is 470 g/mol. The summed E-state index contributed by atoms with van der Waals surface area (Å²) < 4.78 is 0. The highest BCUT2D eigenvalue weighted by Crippen LogP contribution is 2.27. The Bertz CT molecular complexity index is 628. The molecular weight excluding hydrogens is 439 g/mol. The van der Waals surface area contributed by atoms with E-state index < -0.39 is 0 Å². The maximum Gasteiger partial charge on any atom is 0.225 e. The van der Waals surface area contributed by atoms with E-state index in [0.29, 0.717) is 5.91 Å². The van der Waals surface area contributed by atoms with Crippen molar-refractivity contribution in [3.05, 3.63) is 35.4 Å². The quantitative estimate of drug-likeness (QED) is 0.404. The number of nitrogens with zero attached hydrogens (tertiary/aromatic N) is 2. The Morgan fingerprint density at radius 1 is 1.27 bits per heavy atom. The third kappa shape index (κ3) is 5.59. The van der Waals surface area contributed by atoms with Gasteiger partial charge in [0.15, 0.2) is 5.96 Å². The second-order valence-electron chi connectivity index (χ2n) is 7.31. The molecule has 1 saturated heterocycles. The summed E-state index contributed by atoms with van der Waals surface area (Å²) in [6, 6.07) is 8.76. The van der Waals surface area contributed by atoms with Crippen molar-refractivity contribution in [2.24, 2.45) is 10.9 Å². The molecule has 0 bridgehead atoms. The molecule has 1 atom stereocenters. The van der Waals surface area contributed by atoms with E-state index in [1.165, 1.54) is 24.0 Å². The molecule has 26 heavy (non-hydrogen) atoms. The molecule has 6 heteroatoms. The minimum Gasteiger partial charge on any atom is -0.352 e. The van der Waals surface area contributed by atoms with E-state index in [-0.39, 0.29) is 35.9 Å². The second-order valence-corrected chi connectivity index (χ2v) is 7.31. The molecule has 2 aliphatic rings. The molecule has 144 valence electrons. The average Bonchev–Trinajstić information content (AvgIpc) is 3.30. The number of halogens is 1. The Kier molecular flexibility index (Phi) is 8.18. The van der Waals surface area contributed by atoms with Crippen molar-refractivity contribution < 1.29 is 4.79 Å². The maximum absolute atomic E-state index is 12.5. The zero-order chi connectivity index (χ0) is 17.6. The number of aliphatic imine (C=N–C) groups is 1. The number of carbonyl (C=O) groups is 1. The summed E-state index contributed by atoms with van der Waals surface area (Å²) in [5.74, 6) is 1.45. The van der Waals surface area contributed by atoms with E-state index in [1.807, 2.05) is 4.90 Å². The first-order chi connectivity index (χ1) is 12.2. The number of aryl methyl sites for hydroxylation is 1. The maximum atomic E-state index is 12.5. The van der Waals surface area contributed by atoms with Gasteiger partial charge in [-0.1, -0.05) is 42.7 Å². The highest BCUT2D eigenvalue weighted by atomic mass is 127. The first-order valence-corrected chi connectivity index (χ1v) is 9.47. The number of amides is 1. The van der Waals surface area contributed by atoms with Gasteiger partial charge in [0.25, 0.3) is 0 Å². The largest absolute Gasteiger partial charge is 0.352 e. The van der Waals surface area contributed by atoms with Crippen LogP contribution in [0.15, 0.2) is 29.3 Å². The molecule has 1 aromatic rings. The summed E-state index contributed by atoms with van der Waals surface area (Å²) >= 11 is 0. The number of benzene rings is 1. The first-order valence-electron chi connectivity index (χ1n) is 9.47. The Balaban J connectivity index is 0.00000243. The predicted molar refractivity (Wildman–Crippen MR) is 117 cm³/mol. The molecule has 1 unspecified atom stereocenters. The smallest absolute Gasteiger partial charge is 0.225 e. The lowest BCUT2D eigenvalue weighted by Gasteiger charge is -2.21. The van der Waals surface area contributed by atoms with Crippen molar-refractivity contribution in [2.45, 2.75) is 51.6 Å². The molecule has 0 radical (unpaired) electrons. The van der Waals surface area contributed by atoms with Crippen LogP contribution < -0.4 is 10.6 Å². The molecule has 1 aliphatic carbocycles. The lowest BCUT2D eigenvalue weighted by Crippen LogP contribution is -2.45. The molecule has 5 nitrogen and oxygen atoms in total. The molecule has 1 saturated carbocycles. The van der Waals surface area contributed by atoms with E-state index in [1.54, 1.807) is 7.05 Å². The zero-order valence-electron chi connectivity index (χ0n) is 15.8. The Labute approximate surface area is 174 Å². The lowest BCUT2D eigenvalue weighted by atomic mass is 10.1. The van der Waals surface area contributed by atoms with Gasteiger partial charge in [0.1, 0.15) is 0 Å². The number of hydrogen-bond acceptors (Lipinski definition) is 2. The summed E-state index contributed by atoms with van der Waals surface area (Å²) in [6.45, 7) is 4.51. The Morgan fingerprint density at radius 2 is 2.04 bits per heavy atom. The molecule has 1 amide bonds. The van der Waals surface area contributed by atoms with Crippen LogP contribution in [0.4, 0.5) is 0 Å². The van der Waals surface area contributed by atoms with Gasteiger partial charge in [-0.25, -0.2) is 0 Å². The summed E-state index contributed by atoms with van der Waals surface area (Å²) in [7, 11) is 1.79. The van der Waals surface area contributed by atoms with Crippen LogP contribution in [0.5, 0.6) is 0 Å². The standard InChI is InChI=1S/C20H30N4O.HI/c1-15-6-5-7-16(12-15)13-22-20(21-2)23-18-10-11-24(14-18)19(25)17-8-3-4-9-17;/h5-7,12,17-18H,3-4,8-11,13-14H2,1-2H3,(H2,21,22,23);1H. The van der Waals surface area contributed by atoms with Crippen LogP contribution in [-0.2, 0) is 11.3 Å². The normalized spacial score (nSPS) is 20.8. The number of carbonyl (C=O) groups excluding carboxylic acids is 1. The molecule has 0 spiro atoms. The third-order valence-corrected chi connectivity index (χ3v) is 5.31. The van der Waals surface area contributed by atoms with Gasteiger partial charge in [-0.3, -0.25) is 9.79 Å². The van der Waals surface area contributed by atoms with Gasteiger partial charge in [-0.2, -0.15) is 0 Å². The van der Waals surface area contributed by atoms with Crippen molar-refractivity contribution >= 4 is 35.8 Å². The van der Waals surface area contributed by atoms with Crippen LogP contribution in [0.2, 0.25) is 0 Å². The summed E-state index contributed by atoms with van der Waals surface area (Å²) in [5, 5.41) is 6.85. The van der Waals surface area contributed by atoms with Gasteiger partial charge in [-0.15, -0.1) is 24.0 Å². The number of hydrogen-bond donors (Lipinski definition) is 2. The zero-order valence-corrected chi connectivity index (χ0v) is 18.2. The molecule has 2 N–H and O–H groups in total. The van der Waals surface area contributed by atoms with Crippen LogP contribution in [-0.4, -0.2) is 42.9 Å². The SMILES string of the molecule is CN=C(NCc1cccc(C)c1)NC1CCN(C(=O)C2CCCC2)C1.I. The molecule has 1 heterocycles. The first kappa shape index (κ1) is 21.0. The summed E-state index contributed by atoms with van der Waals surface area (Å²) in [5.41, 5.74) is 2.51. The molecular formula is C20H31IN4O. The predicted octanol–water partition coefficient (Wildman–Crippen LogP) is 3.07. The van der Waals surface area contributed by atoms with Crippen LogP contribution >= 0.6 is 24.0 Å². The molecule has 0 aromatic heterocycles. The van der Waals surface area contributed by atoms with Crippen molar-refractivity contribution in [2.75, 3.05) is 20.1 Å². The average molecular weight is 470 g/mol. The Hall–Kier alpha value is -1.31. The molecule has 1 aliphatic heterocycles. The molecule has 1 aromatic carbocycles. The van der Waals surface area contributed by atoms with Gasteiger partial charge < -0.3 is 15.5 Å². The van der Waals surface area contributed by atoms with Gasteiger partial charge in [0.05, 0.1) is 0 Å². The van der Waals surface area contributed by atoms with Gasteiger partial charge >= 0.3 is 0 Å². The van der Waals surface area contributed by atoms with Crippen molar-refractivity contribution in [3.63, 3.8) is 0 Å². The van der Waals surface area contributed by atoms with E-state index in [9.17, 15) is 4.79 Å². The van der Waals surface area contributed by atoms with Crippen LogP contribution in [0.1, 0.15) is 43.2 Å². The number of likely N-dealkylation sites (tertiary alicyclic amines) is 1. The minimum atomic E-state index is 0. The summed E-state index contributed by atoms with van der Waals surface area (Å²) in [6.07, 6.45) is 5.56. The minimum absolute atomic E-state index is 0. The lowest BCUT2D eigenvalue weighted by molar-refractivity contribution is -0.134. The van der Waals surface area contributed by atoms with Crippen LogP contribution in [0.3, 0.4) is 0 Å². The number of guanidine groups is 1. The van der Waals surface area contributed by atoms with Gasteiger partial charge in [-0.05, 0) is 31.7 Å². The Morgan fingerprint density at radius 3 is 2.73 bits per heavy atom. The van der Waals surface area contributed by atoms with E-state index in [4.69, 9.17) is 0 Å².